The Labute approximate surface area is 156 Å². The van der Waals surface area contributed by atoms with Crippen molar-refractivity contribution in [3.8, 4) is 5.75 Å². The Morgan fingerprint density at radius 2 is 2.04 bits per heavy atom. The zero-order chi connectivity index (χ0) is 17.8. The Bertz CT molecular complexity index is 603. The van der Waals surface area contributed by atoms with Crippen molar-refractivity contribution < 1.29 is 14.3 Å². The molecule has 0 aliphatic carbocycles. The summed E-state index contributed by atoms with van der Waals surface area (Å²) in [7, 11) is 0. The number of likely N-dealkylation sites (tertiary alicyclic amines) is 2. The molecule has 0 unspecified atom stereocenters. The van der Waals surface area contributed by atoms with Crippen molar-refractivity contribution in [2.45, 2.75) is 38.2 Å². The normalized spacial score (nSPS) is 29.4. The van der Waals surface area contributed by atoms with E-state index in [-0.39, 0.29) is 17.4 Å². The molecule has 3 saturated heterocycles. The number of nitrogens with zero attached hydrogens (tertiary/aromatic N) is 2. The van der Waals surface area contributed by atoms with E-state index in [4.69, 9.17) is 9.47 Å². The second-order valence-corrected chi connectivity index (χ2v) is 8.05. The van der Waals surface area contributed by atoms with Crippen LogP contribution in [0.5, 0.6) is 5.75 Å². The molecule has 0 radical (unpaired) electrons. The average molecular weight is 358 g/mol. The lowest BCUT2D eigenvalue weighted by atomic mass is 9.79. The molecule has 4 rings (SSSR count). The summed E-state index contributed by atoms with van der Waals surface area (Å²) in [5.74, 6) is 1.16. The smallest absolute Gasteiger partial charge is 0.251 e. The van der Waals surface area contributed by atoms with Crippen LogP contribution in [0.3, 0.4) is 0 Å². The van der Waals surface area contributed by atoms with Gasteiger partial charge in [-0.2, -0.15) is 0 Å². The minimum Gasteiger partial charge on any atom is -0.492 e. The Morgan fingerprint density at radius 1 is 1.15 bits per heavy atom. The maximum atomic E-state index is 12.7. The summed E-state index contributed by atoms with van der Waals surface area (Å²) in [6.07, 6.45) is 5.31. The maximum Gasteiger partial charge on any atom is 0.251 e. The van der Waals surface area contributed by atoms with Crippen molar-refractivity contribution in [2.75, 3.05) is 45.9 Å². The van der Waals surface area contributed by atoms with Crippen molar-refractivity contribution in [2.24, 2.45) is 5.41 Å². The molecule has 1 aromatic rings. The van der Waals surface area contributed by atoms with Crippen LogP contribution >= 0.6 is 0 Å². The lowest BCUT2D eigenvalue weighted by molar-refractivity contribution is -0.140. The van der Waals surface area contributed by atoms with E-state index in [9.17, 15) is 4.79 Å². The van der Waals surface area contributed by atoms with Crippen LogP contribution in [0.25, 0.3) is 0 Å². The van der Waals surface area contributed by atoms with Crippen molar-refractivity contribution in [1.82, 2.24) is 9.80 Å². The van der Waals surface area contributed by atoms with Gasteiger partial charge in [-0.15, -0.1) is 0 Å². The van der Waals surface area contributed by atoms with Crippen molar-refractivity contribution in [3.05, 3.63) is 30.3 Å². The largest absolute Gasteiger partial charge is 0.492 e. The lowest BCUT2D eigenvalue weighted by Gasteiger charge is -2.40. The summed E-state index contributed by atoms with van der Waals surface area (Å²) in [5, 5.41) is 0. The van der Waals surface area contributed by atoms with E-state index < -0.39 is 0 Å². The fraction of sp³-hybridized carbons (Fsp3) is 0.667. The number of carbonyl (C=O) groups is 1. The molecular formula is C21H30N2O3. The Balaban J connectivity index is 1.27. The summed E-state index contributed by atoms with van der Waals surface area (Å²) in [5.41, 5.74) is 0.277. The topological polar surface area (TPSA) is 42.0 Å². The molecule has 0 bridgehead atoms. The van der Waals surface area contributed by atoms with Gasteiger partial charge in [0.1, 0.15) is 18.5 Å². The highest BCUT2D eigenvalue weighted by Gasteiger charge is 2.44. The number of carbonyl (C=O) groups excluding carboxylic acids is 1. The van der Waals surface area contributed by atoms with Gasteiger partial charge >= 0.3 is 0 Å². The molecule has 1 amide bonds. The highest BCUT2D eigenvalue weighted by atomic mass is 16.5. The third-order valence-electron chi connectivity index (χ3n) is 6.12. The highest BCUT2D eigenvalue weighted by molar-refractivity contribution is 5.81. The van der Waals surface area contributed by atoms with Crippen LogP contribution < -0.4 is 4.74 Å². The van der Waals surface area contributed by atoms with E-state index in [1.165, 1.54) is 12.8 Å². The monoisotopic (exact) mass is 358 g/mol. The van der Waals surface area contributed by atoms with Crippen LogP contribution in [0.4, 0.5) is 0 Å². The molecular weight excluding hydrogens is 328 g/mol. The number of hydrogen-bond acceptors (Lipinski definition) is 4. The Kier molecular flexibility index (Phi) is 5.46. The molecule has 3 heterocycles. The van der Waals surface area contributed by atoms with E-state index in [1.54, 1.807) is 0 Å². The molecule has 1 spiro atoms. The van der Waals surface area contributed by atoms with Crippen molar-refractivity contribution in [3.63, 3.8) is 0 Å². The number of amides is 1. The van der Waals surface area contributed by atoms with Gasteiger partial charge in [0, 0.05) is 38.2 Å². The molecule has 5 heteroatoms. The molecule has 0 aromatic heterocycles. The van der Waals surface area contributed by atoms with Crippen molar-refractivity contribution in [1.29, 1.82) is 0 Å². The van der Waals surface area contributed by atoms with Crippen LogP contribution in [-0.2, 0) is 9.53 Å². The first-order valence-corrected chi connectivity index (χ1v) is 10.0. The maximum absolute atomic E-state index is 12.7. The zero-order valence-corrected chi connectivity index (χ0v) is 15.6. The molecule has 142 valence electrons. The van der Waals surface area contributed by atoms with Gasteiger partial charge in [0.2, 0.25) is 0 Å². The van der Waals surface area contributed by atoms with E-state index in [2.05, 4.69) is 9.80 Å². The molecule has 0 saturated carbocycles. The van der Waals surface area contributed by atoms with Gasteiger partial charge in [-0.25, -0.2) is 0 Å². The van der Waals surface area contributed by atoms with Crippen LogP contribution in [0.15, 0.2) is 30.3 Å². The van der Waals surface area contributed by atoms with Crippen molar-refractivity contribution >= 4 is 5.91 Å². The first-order chi connectivity index (χ1) is 12.7. The molecule has 1 aromatic carbocycles. The predicted molar refractivity (Wildman–Crippen MR) is 100 cm³/mol. The number of piperidine rings is 1. The minimum atomic E-state index is -0.177. The van der Waals surface area contributed by atoms with Gasteiger partial charge < -0.3 is 14.4 Å². The standard InChI is InChI=1S/C21H30N2O3/c24-20(19-8-4-14-26-19)23-12-10-21(17-23)9-5-11-22(16-21)13-15-25-18-6-2-1-3-7-18/h1-3,6-7,19H,4-5,8-17H2/t19-,21+/m1/s1. The zero-order valence-electron chi connectivity index (χ0n) is 15.6. The second kappa shape index (κ2) is 7.97. The van der Waals surface area contributed by atoms with Crippen LogP contribution in [0.2, 0.25) is 0 Å². The molecule has 3 aliphatic rings. The SMILES string of the molecule is O=C([C@H]1CCCO1)N1CC[C@]2(CCCN(CCOc3ccccc3)C2)C1. The number of para-hydroxylation sites is 1. The summed E-state index contributed by atoms with van der Waals surface area (Å²) < 4.78 is 11.5. The fourth-order valence-corrected chi connectivity index (χ4v) is 4.74. The van der Waals surface area contributed by atoms with E-state index >= 15 is 0 Å². The van der Waals surface area contributed by atoms with Gasteiger partial charge in [0.15, 0.2) is 0 Å². The number of rotatable bonds is 5. The number of ether oxygens (including phenoxy) is 2. The molecule has 3 aliphatic heterocycles. The van der Waals surface area contributed by atoms with E-state index in [0.717, 1.165) is 70.9 Å². The van der Waals surface area contributed by atoms with Crippen LogP contribution in [0, 0.1) is 5.41 Å². The van der Waals surface area contributed by atoms with E-state index in [0.29, 0.717) is 0 Å². The van der Waals surface area contributed by atoms with Gasteiger partial charge in [0.25, 0.3) is 5.91 Å². The third kappa shape index (κ3) is 4.04. The molecule has 26 heavy (non-hydrogen) atoms. The fourth-order valence-electron chi connectivity index (χ4n) is 4.74. The quantitative estimate of drug-likeness (QED) is 0.811. The number of hydrogen-bond donors (Lipinski definition) is 0. The highest BCUT2D eigenvalue weighted by Crippen LogP contribution is 2.39. The van der Waals surface area contributed by atoms with Crippen LogP contribution in [-0.4, -0.2) is 67.7 Å². The van der Waals surface area contributed by atoms with Gasteiger partial charge in [-0.05, 0) is 50.8 Å². The summed E-state index contributed by atoms with van der Waals surface area (Å²) >= 11 is 0. The predicted octanol–water partition coefficient (Wildman–Crippen LogP) is 2.56. The summed E-state index contributed by atoms with van der Waals surface area (Å²) in [6, 6.07) is 10.0. The third-order valence-corrected chi connectivity index (χ3v) is 6.12. The van der Waals surface area contributed by atoms with Crippen LogP contribution in [0.1, 0.15) is 32.1 Å². The molecule has 3 fully saturated rings. The summed E-state index contributed by atoms with van der Waals surface area (Å²) in [4.78, 5) is 17.2. The average Bonchev–Trinajstić information content (AvgIpc) is 3.33. The number of benzene rings is 1. The minimum absolute atomic E-state index is 0.177. The first kappa shape index (κ1) is 17.8. The van der Waals surface area contributed by atoms with E-state index in [1.807, 2.05) is 30.3 Å². The second-order valence-electron chi connectivity index (χ2n) is 8.05. The lowest BCUT2D eigenvalue weighted by Crippen LogP contribution is -2.47. The Morgan fingerprint density at radius 3 is 2.85 bits per heavy atom. The summed E-state index contributed by atoms with van der Waals surface area (Å²) in [6.45, 7) is 6.44. The van der Waals surface area contributed by atoms with Gasteiger partial charge in [-0.3, -0.25) is 9.69 Å². The Hall–Kier alpha value is -1.59. The molecule has 5 nitrogen and oxygen atoms in total. The first-order valence-electron chi connectivity index (χ1n) is 10.0. The van der Waals surface area contributed by atoms with Gasteiger partial charge in [0.05, 0.1) is 0 Å². The van der Waals surface area contributed by atoms with Gasteiger partial charge in [-0.1, -0.05) is 18.2 Å². The molecule has 0 N–H and O–H groups in total. The molecule has 2 atom stereocenters.